The first-order valence-corrected chi connectivity index (χ1v) is 7.00. The molecule has 0 spiro atoms. The van der Waals surface area contributed by atoms with Crippen molar-refractivity contribution in [3.05, 3.63) is 50.7 Å². The van der Waals surface area contributed by atoms with Gasteiger partial charge in [-0.3, -0.25) is 0 Å². The number of halogens is 2. The Bertz CT molecular complexity index is 707. The minimum Gasteiger partial charge on any atom is -0.478 e. The van der Waals surface area contributed by atoms with Crippen molar-refractivity contribution in [3.8, 4) is 5.69 Å². The van der Waals surface area contributed by atoms with Gasteiger partial charge in [0.15, 0.2) is 0 Å². The number of carboxylic acid groups (broad SMARTS) is 1. The average Bonchev–Trinajstić information content (AvgIpc) is 2.64. The first-order chi connectivity index (χ1) is 9.40. The van der Waals surface area contributed by atoms with Crippen LogP contribution in [0.2, 0.25) is 5.02 Å². The molecule has 0 radical (unpaired) electrons. The van der Waals surface area contributed by atoms with E-state index in [2.05, 4.69) is 21.0 Å². The van der Waals surface area contributed by atoms with Gasteiger partial charge in [-0.1, -0.05) is 17.7 Å². The topological polar surface area (TPSA) is 55.1 Å². The van der Waals surface area contributed by atoms with Gasteiger partial charge in [-0.05, 0) is 53.5 Å². The molecule has 0 aliphatic rings. The molecule has 0 bridgehead atoms. The van der Waals surface area contributed by atoms with Gasteiger partial charge in [0.1, 0.15) is 0 Å². The van der Waals surface area contributed by atoms with Crippen molar-refractivity contribution in [3.63, 3.8) is 0 Å². The lowest BCUT2D eigenvalue weighted by Gasteiger charge is -2.07. The van der Waals surface area contributed by atoms with Crippen LogP contribution in [0.5, 0.6) is 0 Å². The molecular weight excluding hydrogens is 344 g/mol. The molecule has 0 aliphatic carbocycles. The highest BCUT2D eigenvalue weighted by Gasteiger charge is 2.12. The van der Waals surface area contributed by atoms with Gasteiger partial charge < -0.3 is 5.11 Å². The SMILES string of the molecule is Cc1nn(-c2ccc(/C=C/C(=O)O)cc2Cl)c(C)c1Br. The number of hydrogen-bond donors (Lipinski definition) is 1. The van der Waals surface area contributed by atoms with Crippen LogP contribution >= 0.6 is 27.5 Å². The second-order valence-electron chi connectivity index (χ2n) is 4.28. The molecule has 0 amide bonds. The molecule has 104 valence electrons. The number of hydrogen-bond acceptors (Lipinski definition) is 2. The van der Waals surface area contributed by atoms with Crippen LogP contribution in [0, 0.1) is 13.8 Å². The second kappa shape index (κ2) is 5.81. The summed E-state index contributed by atoms with van der Waals surface area (Å²) < 4.78 is 2.70. The van der Waals surface area contributed by atoms with E-state index >= 15 is 0 Å². The Morgan fingerprint density at radius 1 is 1.45 bits per heavy atom. The van der Waals surface area contributed by atoms with Crippen molar-refractivity contribution in [1.29, 1.82) is 0 Å². The molecule has 20 heavy (non-hydrogen) atoms. The predicted molar refractivity (Wildman–Crippen MR) is 82.4 cm³/mol. The van der Waals surface area contributed by atoms with Gasteiger partial charge in [0.05, 0.1) is 26.6 Å². The van der Waals surface area contributed by atoms with Crippen molar-refractivity contribution < 1.29 is 9.90 Å². The minimum atomic E-state index is -0.993. The number of rotatable bonds is 3. The Labute approximate surface area is 129 Å². The fourth-order valence-corrected chi connectivity index (χ4v) is 2.34. The van der Waals surface area contributed by atoms with E-state index in [1.165, 1.54) is 6.08 Å². The number of carboxylic acids is 1. The van der Waals surface area contributed by atoms with Crippen molar-refractivity contribution >= 4 is 39.6 Å². The second-order valence-corrected chi connectivity index (χ2v) is 5.48. The molecule has 6 heteroatoms. The third-order valence-electron chi connectivity index (χ3n) is 2.82. The molecule has 2 rings (SSSR count). The molecule has 0 unspecified atom stereocenters. The lowest BCUT2D eigenvalue weighted by Crippen LogP contribution is -2.00. The van der Waals surface area contributed by atoms with Gasteiger partial charge in [-0.2, -0.15) is 5.10 Å². The first-order valence-electron chi connectivity index (χ1n) is 5.83. The smallest absolute Gasteiger partial charge is 0.328 e. The van der Waals surface area contributed by atoms with Crippen LogP contribution in [0.1, 0.15) is 17.0 Å². The van der Waals surface area contributed by atoms with Gasteiger partial charge in [0.25, 0.3) is 0 Å². The van der Waals surface area contributed by atoms with Gasteiger partial charge in [-0.15, -0.1) is 0 Å². The van der Waals surface area contributed by atoms with E-state index in [1.807, 2.05) is 19.9 Å². The molecule has 1 N–H and O–H groups in total. The van der Waals surface area contributed by atoms with Crippen molar-refractivity contribution in [2.24, 2.45) is 0 Å². The number of aliphatic carboxylic acids is 1. The summed E-state index contributed by atoms with van der Waals surface area (Å²) in [4.78, 5) is 10.5. The quantitative estimate of drug-likeness (QED) is 0.847. The fourth-order valence-electron chi connectivity index (χ4n) is 1.82. The molecule has 2 aromatic rings. The maximum atomic E-state index is 10.5. The molecule has 1 aromatic heterocycles. The van der Waals surface area contributed by atoms with Crippen LogP contribution in [0.3, 0.4) is 0 Å². The summed E-state index contributed by atoms with van der Waals surface area (Å²) in [5.41, 5.74) is 3.32. The van der Waals surface area contributed by atoms with E-state index in [9.17, 15) is 4.79 Å². The van der Waals surface area contributed by atoms with Crippen molar-refractivity contribution in [1.82, 2.24) is 9.78 Å². The van der Waals surface area contributed by atoms with Crippen LogP contribution < -0.4 is 0 Å². The van der Waals surface area contributed by atoms with Crippen molar-refractivity contribution in [2.45, 2.75) is 13.8 Å². The summed E-state index contributed by atoms with van der Waals surface area (Å²) in [7, 11) is 0. The van der Waals surface area contributed by atoms with Gasteiger partial charge in [0, 0.05) is 6.08 Å². The van der Waals surface area contributed by atoms with E-state index in [1.54, 1.807) is 16.8 Å². The molecule has 4 nitrogen and oxygen atoms in total. The van der Waals surface area contributed by atoms with E-state index in [0.29, 0.717) is 5.02 Å². The third-order valence-corrected chi connectivity index (χ3v) is 4.27. The third kappa shape index (κ3) is 2.94. The van der Waals surface area contributed by atoms with Crippen LogP contribution in [0.25, 0.3) is 11.8 Å². The van der Waals surface area contributed by atoms with Gasteiger partial charge in [0.2, 0.25) is 0 Å². The zero-order chi connectivity index (χ0) is 14.9. The van der Waals surface area contributed by atoms with E-state index in [-0.39, 0.29) is 0 Å². The Morgan fingerprint density at radius 3 is 2.65 bits per heavy atom. The number of aryl methyl sites for hydroxylation is 1. The molecule has 0 atom stereocenters. The largest absolute Gasteiger partial charge is 0.478 e. The zero-order valence-corrected chi connectivity index (χ0v) is 13.2. The lowest BCUT2D eigenvalue weighted by atomic mass is 10.2. The average molecular weight is 356 g/mol. The Balaban J connectivity index is 2.44. The number of benzene rings is 1. The Morgan fingerprint density at radius 2 is 2.15 bits per heavy atom. The Kier molecular flexibility index (Phi) is 4.30. The van der Waals surface area contributed by atoms with Crippen molar-refractivity contribution in [2.75, 3.05) is 0 Å². The molecule has 0 saturated carbocycles. The molecule has 1 aromatic carbocycles. The van der Waals surface area contributed by atoms with E-state index < -0.39 is 5.97 Å². The zero-order valence-electron chi connectivity index (χ0n) is 10.9. The highest BCUT2D eigenvalue weighted by atomic mass is 79.9. The highest BCUT2D eigenvalue weighted by Crippen LogP contribution is 2.27. The van der Waals surface area contributed by atoms with Gasteiger partial charge in [-0.25, -0.2) is 9.48 Å². The monoisotopic (exact) mass is 354 g/mol. The van der Waals surface area contributed by atoms with Crippen LogP contribution in [-0.4, -0.2) is 20.9 Å². The number of aromatic nitrogens is 2. The molecule has 0 saturated heterocycles. The van der Waals surface area contributed by atoms with Gasteiger partial charge >= 0.3 is 5.97 Å². The molecule has 1 heterocycles. The summed E-state index contributed by atoms with van der Waals surface area (Å²) in [5, 5.41) is 13.5. The summed E-state index contributed by atoms with van der Waals surface area (Å²) >= 11 is 9.73. The first kappa shape index (κ1) is 14.8. The maximum Gasteiger partial charge on any atom is 0.328 e. The Hall–Kier alpha value is -1.59. The number of carbonyl (C=O) groups is 1. The highest BCUT2D eigenvalue weighted by molar-refractivity contribution is 9.10. The van der Waals surface area contributed by atoms with E-state index in [0.717, 1.165) is 33.2 Å². The molecule has 0 fully saturated rings. The molecule has 0 aliphatic heterocycles. The number of nitrogens with zero attached hydrogens (tertiary/aromatic N) is 2. The van der Waals surface area contributed by atoms with Crippen LogP contribution in [0.4, 0.5) is 0 Å². The summed E-state index contributed by atoms with van der Waals surface area (Å²) in [6, 6.07) is 5.32. The normalized spacial score (nSPS) is 11.2. The predicted octanol–water partition coefficient (Wildman–Crippen LogP) is 4.00. The standard InChI is InChI=1S/C14H12BrClN2O2/c1-8-14(15)9(2)18(17-8)12-5-3-10(7-11(12)16)4-6-13(19)20/h3-7H,1-2H3,(H,19,20)/b6-4+. The summed E-state index contributed by atoms with van der Waals surface area (Å²) in [5.74, 6) is -0.993. The van der Waals surface area contributed by atoms with E-state index in [4.69, 9.17) is 16.7 Å². The minimum absolute atomic E-state index is 0.510. The summed E-state index contributed by atoms with van der Waals surface area (Å²) in [6.45, 7) is 3.85. The van der Waals surface area contributed by atoms with Crippen LogP contribution in [-0.2, 0) is 4.79 Å². The lowest BCUT2D eigenvalue weighted by molar-refractivity contribution is -0.131. The molecular formula is C14H12BrClN2O2. The maximum absolute atomic E-state index is 10.5. The fraction of sp³-hybridized carbons (Fsp3) is 0.143. The summed E-state index contributed by atoms with van der Waals surface area (Å²) in [6.07, 6.45) is 2.57. The van der Waals surface area contributed by atoms with Crippen LogP contribution in [0.15, 0.2) is 28.7 Å².